The van der Waals surface area contributed by atoms with Crippen molar-refractivity contribution in [2.45, 2.75) is 294 Å². The molecule has 1 aliphatic heterocycles. The van der Waals surface area contributed by atoms with E-state index in [1.54, 1.807) is 6.08 Å². The van der Waals surface area contributed by atoms with Crippen molar-refractivity contribution in [3.63, 3.8) is 0 Å². The molecule has 1 heterocycles. The molecule has 0 spiro atoms. The maximum absolute atomic E-state index is 13.0. The van der Waals surface area contributed by atoms with Gasteiger partial charge in [0, 0.05) is 12.8 Å². The number of aliphatic hydroxyl groups is 5. The fourth-order valence-electron chi connectivity index (χ4n) is 8.74. The number of carbonyl (C=O) groups is 2. The molecule has 7 atom stereocenters. The Bertz CT molecular complexity index is 1300. The van der Waals surface area contributed by atoms with E-state index in [9.17, 15) is 35.1 Å². The molecule has 1 rings (SSSR count). The SMILES string of the molecule is CCCC/C=C\CCCCCCCC(=O)OCCCCC/C=C\C/C=C\CCCCCCCCCC(=O)NC(COC1OC(CO)C(O)C(O)C1O)C(O)/C=C/CCCCCCCCCCCCCC. The first-order chi connectivity index (χ1) is 34.2. The molecule has 7 unspecified atom stereocenters. The van der Waals surface area contributed by atoms with Crippen molar-refractivity contribution in [2.75, 3.05) is 19.8 Å². The summed E-state index contributed by atoms with van der Waals surface area (Å²) in [5.41, 5.74) is 0. The zero-order valence-electron chi connectivity index (χ0n) is 44.7. The zero-order valence-corrected chi connectivity index (χ0v) is 44.7. The summed E-state index contributed by atoms with van der Waals surface area (Å²) < 4.78 is 16.7. The van der Waals surface area contributed by atoms with Crippen LogP contribution in [0, 0.1) is 0 Å². The summed E-state index contributed by atoms with van der Waals surface area (Å²) in [6.07, 6.45) is 50.4. The minimum atomic E-state index is -1.58. The van der Waals surface area contributed by atoms with E-state index in [-0.39, 0.29) is 18.5 Å². The summed E-state index contributed by atoms with van der Waals surface area (Å²) in [5.74, 6) is -0.242. The van der Waals surface area contributed by atoms with Gasteiger partial charge in [0.25, 0.3) is 0 Å². The average molecular weight is 991 g/mol. The minimum Gasteiger partial charge on any atom is -0.466 e. The molecule has 6 N–H and O–H groups in total. The maximum atomic E-state index is 13.0. The van der Waals surface area contributed by atoms with Crippen LogP contribution in [0.2, 0.25) is 0 Å². The minimum absolute atomic E-state index is 0.0439. The molecule has 11 heteroatoms. The lowest BCUT2D eigenvalue weighted by Crippen LogP contribution is -2.60. The highest BCUT2D eigenvalue weighted by molar-refractivity contribution is 5.76. The Balaban J connectivity index is 2.18. The van der Waals surface area contributed by atoms with Crippen LogP contribution >= 0.6 is 0 Å². The van der Waals surface area contributed by atoms with E-state index in [0.29, 0.717) is 19.4 Å². The van der Waals surface area contributed by atoms with E-state index in [4.69, 9.17) is 14.2 Å². The standard InChI is InChI=1S/C59H107NO10/c1-3-5-7-9-11-13-15-16-22-26-29-33-37-41-45-52(62)51(50-69-59-58(67)57(66)56(65)53(49-61)70-59)60-54(63)46-42-38-34-30-27-23-20-18-17-19-21-24-28-32-36-40-44-48-68-55(64)47-43-39-35-31-25-14-12-10-8-6-4-2/h10,12,17,19,24,28,41,45,51-53,56-59,61-62,65-67H,3-9,11,13-16,18,20-23,25-27,29-40,42-44,46-50H2,1-2H3,(H,60,63)/b12-10-,19-17-,28-24-,45-41+. The number of hydrogen-bond donors (Lipinski definition) is 6. The lowest BCUT2D eigenvalue weighted by atomic mass is 9.99. The highest BCUT2D eigenvalue weighted by Gasteiger charge is 2.44. The van der Waals surface area contributed by atoms with Crippen LogP contribution in [0.4, 0.5) is 0 Å². The van der Waals surface area contributed by atoms with E-state index in [0.717, 1.165) is 96.3 Å². The first-order valence-electron chi connectivity index (χ1n) is 28.9. The fraction of sp³-hybridized carbons (Fsp3) is 0.831. The van der Waals surface area contributed by atoms with Gasteiger partial charge in [-0.25, -0.2) is 0 Å². The number of allylic oxidation sites excluding steroid dienone is 7. The number of rotatable bonds is 49. The monoisotopic (exact) mass is 990 g/mol. The normalized spacial score (nSPS) is 19.6. The number of hydrogen-bond acceptors (Lipinski definition) is 10. The van der Waals surface area contributed by atoms with E-state index >= 15 is 0 Å². The molecule has 1 amide bonds. The van der Waals surface area contributed by atoms with Gasteiger partial charge in [-0.15, -0.1) is 0 Å². The van der Waals surface area contributed by atoms with Crippen LogP contribution in [0.25, 0.3) is 0 Å². The molecule has 1 saturated heterocycles. The van der Waals surface area contributed by atoms with Crippen molar-refractivity contribution in [2.24, 2.45) is 0 Å². The first-order valence-corrected chi connectivity index (χ1v) is 28.9. The predicted octanol–water partition coefficient (Wildman–Crippen LogP) is 12.9. The molecule has 0 aliphatic carbocycles. The number of nitrogens with one attached hydrogen (secondary N) is 1. The summed E-state index contributed by atoms with van der Waals surface area (Å²) in [4.78, 5) is 25.0. The van der Waals surface area contributed by atoms with Crippen molar-refractivity contribution >= 4 is 11.9 Å². The van der Waals surface area contributed by atoms with Gasteiger partial charge >= 0.3 is 5.97 Å². The van der Waals surface area contributed by atoms with E-state index in [1.165, 1.54) is 128 Å². The number of aliphatic hydroxyl groups excluding tert-OH is 5. The first kappa shape index (κ1) is 65.6. The second-order valence-corrected chi connectivity index (χ2v) is 20.0. The Hall–Kier alpha value is -2.38. The quantitative estimate of drug-likeness (QED) is 0.0196. The Morgan fingerprint density at radius 2 is 0.971 bits per heavy atom. The van der Waals surface area contributed by atoms with Gasteiger partial charge in [-0.3, -0.25) is 9.59 Å². The summed E-state index contributed by atoms with van der Waals surface area (Å²) in [6.45, 7) is 4.24. The van der Waals surface area contributed by atoms with Crippen LogP contribution in [0.15, 0.2) is 48.6 Å². The molecule has 0 bridgehead atoms. The molecule has 11 nitrogen and oxygen atoms in total. The lowest BCUT2D eigenvalue weighted by molar-refractivity contribution is -0.302. The zero-order chi connectivity index (χ0) is 51.0. The van der Waals surface area contributed by atoms with Gasteiger partial charge in [-0.1, -0.05) is 197 Å². The van der Waals surface area contributed by atoms with Crippen molar-refractivity contribution in [1.29, 1.82) is 0 Å². The molecule has 0 saturated carbocycles. The van der Waals surface area contributed by atoms with Gasteiger partial charge in [0.05, 0.1) is 32.0 Å². The Morgan fingerprint density at radius 3 is 1.50 bits per heavy atom. The number of amides is 1. The third kappa shape index (κ3) is 38.3. The van der Waals surface area contributed by atoms with Crippen LogP contribution < -0.4 is 5.32 Å². The predicted molar refractivity (Wildman–Crippen MR) is 287 cm³/mol. The van der Waals surface area contributed by atoms with Gasteiger partial charge in [0.1, 0.15) is 24.4 Å². The molecule has 0 radical (unpaired) electrons. The number of ether oxygens (including phenoxy) is 3. The van der Waals surface area contributed by atoms with Gasteiger partial charge in [-0.2, -0.15) is 0 Å². The molecule has 1 aliphatic rings. The maximum Gasteiger partial charge on any atom is 0.305 e. The second-order valence-electron chi connectivity index (χ2n) is 20.0. The highest BCUT2D eigenvalue weighted by atomic mass is 16.7. The fourth-order valence-corrected chi connectivity index (χ4v) is 8.74. The Morgan fingerprint density at radius 1 is 0.529 bits per heavy atom. The molecule has 70 heavy (non-hydrogen) atoms. The molecule has 0 aromatic carbocycles. The summed E-state index contributed by atoms with van der Waals surface area (Å²) in [5, 5.41) is 54.4. The number of carbonyl (C=O) groups excluding carboxylic acids is 2. The third-order valence-electron chi connectivity index (χ3n) is 13.4. The van der Waals surface area contributed by atoms with Crippen LogP contribution in [0.3, 0.4) is 0 Å². The Labute approximate surface area is 427 Å². The lowest BCUT2D eigenvalue weighted by Gasteiger charge is -2.40. The van der Waals surface area contributed by atoms with E-state index in [2.05, 4.69) is 55.6 Å². The van der Waals surface area contributed by atoms with E-state index in [1.807, 2.05) is 6.08 Å². The second kappa shape index (κ2) is 48.9. The number of unbranched alkanes of at least 4 members (excludes halogenated alkanes) is 29. The van der Waals surface area contributed by atoms with Crippen LogP contribution in [0.5, 0.6) is 0 Å². The van der Waals surface area contributed by atoms with Gasteiger partial charge in [-0.05, 0) is 89.9 Å². The van der Waals surface area contributed by atoms with Crippen molar-refractivity contribution in [3.8, 4) is 0 Å². The molecule has 408 valence electrons. The molecular formula is C59H107NO10. The van der Waals surface area contributed by atoms with Crippen LogP contribution in [0.1, 0.15) is 251 Å². The number of esters is 1. The van der Waals surface area contributed by atoms with Crippen LogP contribution in [-0.2, 0) is 23.8 Å². The van der Waals surface area contributed by atoms with Gasteiger partial charge in [0.15, 0.2) is 6.29 Å². The summed E-state index contributed by atoms with van der Waals surface area (Å²) in [7, 11) is 0. The largest absolute Gasteiger partial charge is 0.466 e. The van der Waals surface area contributed by atoms with Gasteiger partial charge < -0.3 is 45.1 Å². The highest BCUT2D eigenvalue weighted by Crippen LogP contribution is 2.23. The topological polar surface area (TPSA) is 175 Å². The molecule has 1 fully saturated rings. The van der Waals surface area contributed by atoms with E-state index < -0.39 is 49.5 Å². The van der Waals surface area contributed by atoms with Crippen molar-refractivity contribution < 1.29 is 49.3 Å². The smallest absolute Gasteiger partial charge is 0.305 e. The van der Waals surface area contributed by atoms with Crippen LogP contribution in [-0.4, -0.2) is 100 Å². The van der Waals surface area contributed by atoms with Gasteiger partial charge in [0.2, 0.25) is 5.91 Å². The third-order valence-corrected chi connectivity index (χ3v) is 13.4. The van der Waals surface area contributed by atoms with Crippen molar-refractivity contribution in [3.05, 3.63) is 48.6 Å². The van der Waals surface area contributed by atoms with Crippen molar-refractivity contribution in [1.82, 2.24) is 5.32 Å². The molecular weight excluding hydrogens is 883 g/mol. The molecule has 0 aromatic rings. The Kier molecular flexibility index (Phi) is 45.8. The molecule has 0 aromatic heterocycles. The average Bonchev–Trinajstić information content (AvgIpc) is 3.36. The summed E-state index contributed by atoms with van der Waals surface area (Å²) in [6, 6.07) is -0.823. The summed E-state index contributed by atoms with van der Waals surface area (Å²) >= 11 is 0.